The van der Waals surface area contributed by atoms with Gasteiger partial charge in [-0.25, -0.2) is 4.79 Å². The minimum absolute atomic E-state index is 0.116. The summed E-state index contributed by atoms with van der Waals surface area (Å²) in [5.74, 6) is 0.152. The molecule has 1 aliphatic heterocycles. The predicted octanol–water partition coefficient (Wildman–Crippen LogP) is -0.490. The van der Waals surface area contributed by atoms with Gasteiger partial charge in [-0.1, -0.05) is 0 Å². The van der Waals surface area contributed by atoms with Crippen molar-refractivity contribution in [3.63, 3.8) is 0 Å². The number of aromatic nitrogens is 2. The number of nitrogens with two attached hydrogens (primary N) is 1. The second-order valence-corrected chi connectivity index (χ2v) is 4.28. The van der Waals surface area contributed by atoms with E-state index in [1.807, 2.05) is 0 Å². The number of aliphatic hydroxyl groups excluding tert-OH is 1. The second-order valence-electron chi connectivity index (χ2n) is 4.28. The number of aliphatic hydroxyl groups is 1. The molecule has 3 N–H and O–H groups in total. The van der Waals surface area contributed by atoms with Crippen molar-refractivity contribution in [2.24, 2.45) is 0 Å². The number of anilines is 1. The maximum atomic E-state index is 11.6. The van der Waals surface area contributed by atoms with Gasteiger partial charge in [-0.2, -0.15) is 4.98 Å². The van der Waals surface area contributed by atoms with E-state index in [-0.39, 0.29) is 11.9 Å². The van der Waals surface area contributed by atoms with E-state index in [9.17, 15) is 9.90 Å². The van der Waals surface area contributed by atoms with Crippen LogP contribution in [-0.2, 0) is 9.47 Å². The van der Waals surface area contributed by atoms with E-state index in [0.717, 1.165) is 0 Å². The normalized spacial score (nSPS) is 27.6. The molecule has 2 heterocycles. The fraction of sp³-hybridized carbons (Fsp3) is 0.636. The lowest BCUT2D eigenvalue weighted by Crippen LogP contribution is -2.31. The van der Waals surface area contributed by atoms with Crippen molar-refractivity contribution in [2.45, 2.75) is 31.3 Å². The van der Waals surface area contributed by atoms with Crippen molar-refractivity contribution in [2.75, 3.05) is 19.5 Å². The van der Waals surface area contributed by atoms with Gasteiger partial charge in [0.05, 0.1) is 6.10 Å². The van der Waals surface area contributed by atoms with Crippen LogP contribution in [0.15, 0.2) is 17.1 Å². The lowest BCUT2D eigenvalue weighted by molar-refractivity contribution is -0.0460. The predicted molar refractivity (Wildman–Crippen MR) is 63.9 cm³/mol. The molecule has 0 radical (unpaired) electrons. The van der Waals surface area contributed by atoms with Crippen LogP contribution in [-0.4, -0.2) is 40.6 Å². The van der Waals surface area contributed by atoms with Gasteiger partial charge in [0.2, 0.25) is 0 Å². The first-order valence-corrected chi connectivity index (χ1v) is 5.79. The third-order valence-corrected chi connectivity index (χ3v) is 2.94. The van der Waals surface area contributed by atoms with E-state index < -0.39 is 18.0 Å². The zero-order chi connectivity index (χ0) is 13.1. The average molecular weight is 255 g/mol. The summed E-state index contributed by atoms with van der Waals surface area (Å²) in [7, 11) is 1.61. The first-order chi connectivity index (χ1) is 8.61. The number of hydrogen-bond acceptors (Lipinski definition) is 6. The Hall–Kier alpha value is -1.44. The molecule has 3 atom stereocenters. The van der Waals surface area contributed by atoms with Crippen LogP contribution in [0.2, 0.25) is 0 Å². The largest absolute Gasteiger partial charge is 0.388 e. The molecule has 0 saturated carbocycles. The number of rotatable bonds is 4. The van der Waals surface area contributed by atoms with Gasteiger partial charge in [-0.15, -0.1) is 0 Å². The van der Waals surface area contributed by atoms with Crippen molar-refractivity contribution in [1.29, 1.82) is 0 Å². The van der Waals surface area contributed by atoms with Crippen molar-refractivity contribution in [3.8, 4) is 0 Å². The van der Waals surface area contributed by atoms with Crippen LogP contribution < -0.4 is 11.4 Å². The summed E-state index contributed by atoms with van der Waals surface area (Å²) in [4.78, 5) is 15.3. The van der Waals surface area contributed by atoms with Crippen LogP contribution in [0.5, 0.6) is 0 Å². The molecule has 0 unspecified atom stereocenters. The van der Waals surface area contributed by atoms with Gasteiger partial charge in [0.25, 0.3) is 0 Å². The summed E-state index contributed by atoms with van der Waals surface area (Å²) in [5, 5.41) is 9.92. The molecule has 0 spiro atoms. The molecule has 7 heteroatoms. The summed E-state index contributed by atoms with van der Waals surface area (Å²) in [6, 6.07) is 1.50. The molecule has 2 rings (SSSR count). The molecule has 1 aromatic heterocycles. The van der Waals surface area contributed by atoms with E-state index in [4.69, 9.17) is 15.2 Å². The van der Waals surface area contributed by atoms with Crippen LogP contribution in [0, 0.1) is 0 Å². The lowest BCUT2D eigenvalue weighted by atomic mass is 10.1. The highest BCUT2D eigenvalue weighted by atomic mass is 16.5. The summed E-state index contributed by atoms with van der Waals surface area (Å²) in [6.45, 7) is 0.555. The molecule has 0 aromatic carbocycles. The van der Waals surface area contributed by atoms with Crippen LogP contribution >= 0.6 is 0 Å². The van der Waals surface area contributed by atoms with Crippen LogP contribution in [0.1, 0.15) is 19.1 Å². The zero-order valence-electron chi connectivity index (χ0n) is 10.2. The molecule has 1 aromatic rings. The molecule has 1 aliphatic rings. The molecule has 100 valence electrons. The van der Waals surface area contributed by atoms with Crippen LogP contribution in [0.25, 0.3) is 0 Å². The summed E-state index contributed by atoms with van der Waals surface area (Å²) in [6.07, 6.45) is 1.10. The van der Waals surface area contributed by atoms with Gasteiger partial charge in [0.15, 0.2) is 6.23 Å². The van der Waals surface area contributed by atoms with Crippen LogP contribution in [0.4, 0.5) is 5.82 Å². The van der Waals surface area contributed by atoms with Gasteiger partial charge in [0, 0.05) is 26.3 Å². The average Bonchev–Trinajstić information content (AvgIpc) is 2.68. The van der Waals surface area contributed by atoms with E-state index in [0.29, 0.717) is 19.4 Å². The molecule has 0 amide bonds. The first kappa shape index (κ1) is 13.0. The maximum Gasteiger partial charge on any atom is 0.351 e. The van der Waals surface area contributed by atoms with Crippen molar-refractivity contribution < 1.29 is 14.6 Å². The second kappa shape index (κ2) is 5.47. The quantitative estimate of drug-likeness (QED) is 0.753. The topological polar surface area (TPSA) is 99.6 Å². The minimum Gasteiger partial charge on any atom is -0.388 e. The van der Waals surface area contributed by atoms with Crippen LogP contribution in [0.3, 0.4) is 0 Å². The van der Waals surface area contributed by atoms with Gasteiger partial charge in [-0.05, 0) is 12.5 Å². The van der Waals surface area contributed by atoms with Gasteiger partial charge >= 0.3 is 5.69 Å². The number of methoxy groups -OCH3 is 1. The van der Waals surface area contributed by atoms with Crippen molar-refractivity contribution in [3.05, 3.63) is 22.7 Å². The molecule has 0 aliphatic carbocycles. The molecule has 18 heavy (non-hydrogen) atoms. The zero-order valence-corrected chi connectivity index (χ0v) is 10.2. The third kappa shape index (κ3) is 2.69. The Morgan fingerprint density at radius 2 is 2.50 bits per heavy atom. The smallest absolute Gasteiger partial charge is 0.351 e. The first-order valence-electron chi connectivity index (χ1n) is 5.79. The highest BCUT2D eigenvalue weighted by Gasteiger charge is 2.35. The van der Waals surface area contributed by atoms with Gasteiger partial charge in [0.1, 0.15) is 11.9 Å². The summed E-state index contributed by atoms with van der Waals surface area (Å²) < 4.78 is 11.9. The van der Waals surface area contributed by atoms with Crippen molar-refractivity contribution >= 4 is 5.82 Å². The number of ether oxygens (including phenoxy) is 2. The number of nitrogen functional groups attached to an aromatic ring is 1. The van der Waals surface area contributed by atoms with E-state index in [2.05, 4.69) is 4.98 Å². The number of hydrogen-bond donors (Lipinski definition) is 2. The Kier molecular flexibility index (Phi) is 3.95. The fourth-order valence-electron chi connectivity index (χ4n) is 2.03. The molecular weight excluding hydrogens is 238 g/mol. The summed E-state index contributed by atoms with van der Waals surface area (Å²) in [5.41, 5.74) is 4.89. The van der Waals surface area contributed by atoms with Gasteiger partial charge < -0.3 is 20.3 Å². The molecule has 7 nitrogen and oxygen atoms in total. The number of nitrogens with zero attached hydrogens (tertiary/aromatic N) is 2. The highest BCUT2D eigenvalue weighted by Crippen LogP contribution is 2.29. The van der Waals surface area contributed by atoms with E-state index in [1.54, 1.807) is 7.11 Å². The Balaban J connectivity index is 2.11. The van der Waals surface area contributed by atoms with E-state index >= 15 is 0 Å². The molecular formula is C11H17N3O4. The highest BCUT2D eigenvalue weighted by molar-refractivity contribution is 5.23. The Bertz CT molecular complexity index is 462. The fourth-order valence-corrected chi connectivity index (χ4v) is 2.03. The Labute approximate surface area is 104 Å². The SMILES string of the molecule is COCC[C@@H]1C[C@@H](O)[C@H](n2ccc(N)nc2=O)O1. The molecule has 0 bridgehead atoms. The van der Waals surface area contributed by atoms with Gasteiger partial charge in [-0.3, -0.25) is 4.57 Å². The third-order valence-electron chi connectivity index (χ3n) is 2.94. The maximum absolute atomic E-state index is 11.6. The lowest BCUT2D eigenvalue weighted by Gasteiger charge is -2.17. The monoisotopic (exact) mass is 255 g/mol. The Morgan fingerprint density at radius 3 is 3.17 bits per heavy atom. The standard InChI is InChI=1S/C11H17N3O4/c1-17-5-3-7-6-8(15)10(18-7)14-4-2-9(12)13-11(14)16/h2,4,7-8,10,15H,3,5-6H2,1H3,(H2,12,13,16)/t7-,8-,10-/m1/s1. The molecule has 1 fully saturated rings. The molecule has 1 saturated heterocycles. The Morgan fingerprint density at radius 1 is 1.72 bits per heavy atom. The summed E-state index contributed by atoms with van der Waals surface area (Å²) >= 11 is 0. The minimum atomic E-state index is -0.727. The van der Waals surface area contributed by atoms with E-state index in [1.165, 1.54) is 16.8 Å². The van der Waals surface area contributed by atoms with Crippen molar-refractivity contribution in [1.82, 2.24) is 9.55 Å².